The highest BCUT2D eigenvalue weighted by Crippen LogP contribution is 2.59. The maximum absolute atomic E-state index is 5.98. The van der Waals surface area contributed by atoms with Gasteiger partial charge in [0.2, 0.25) is 0 Å². The van der Waals surface area contributed by atoms with E-state index in [9.17, 15) is 0 Å². The summed E-state index contributed by atoms with van der Waals surface area (Å²) in [5.74, 6) is 0. The van der Waals surface area contributed by atoms with E-state index in [1.165, 1.54) is 53.7 Å². The predicted molar refractivity (Wildman–Crippen MR) is 97.4 cm³/mol. The first kappa shape index (κ1) is 14.2. The van der Waals surface area contributed by atoms with E-state index in [4.69, 9.17) is 4.42 Å². The number of aromatic nitrogens is 1. The van der Waals surface area contributed by atoms with Crippen molar-refractivity contribution in [1.82, 2.24) is 4.57 Å². The van der Waals surface area contributed by atoms with Crippen LogP contribution >= 0.6 is 0 Å². The Morgan fingerprint density at radius 3 is 2.62 bits per heavy atom. The summed E-state index contributed by atoms with van der Waals surface area (Å²) in [5.41, 5.74) is 8.08. The molecule has 3 heterocycles. The largest absolute Gasteiger partial charge is 0.462 e. The van der Waals surface area contributed by atoms with Gasteiger partial charge in [0.1, 0.15) is 0 Å². The molecule has 3 nitrogen and oxygen atoms in total. The molecule has 0 saturated heterocycles. The van der Waals surface area contributed by atoms with Crippen molar-refractivity contribution in [3.8, 4) is 0 Å². The van der Waals surface area contributed by atoms with Crippen LogP contribution in [0.2, 0.25) is 0 Å². The van der Waals surface area contributed by atoms with Crippen LogP contribution in [0, 0.1) is 6.92 Å². The fourth-order valence-electron chi connectivity index (χ4n) is 5.44. The molecule has 0 radical (unpaired) electrons. The van der Waals surface area contributed by atoms with Gasteiger partial charge in [0, 0.05) is 30.1 Å². The van der Waals surface area contributed by atoms with Crippen LogP contribution in [0.3, 0.4) is 0 Å². The van der Waals surface area contributed by atoms with E-state index >= 15 is 0 Å². The Bertz CT molecular complexity index is 927. The van der Waals surface area contributed by atoms with E-state index in [1.807, 2.05) is 6.26 Å². The average Bonchev–Trinajstić information content (AvgIpc) is 3.30. The van der Waals surface area contributed by atoms with Crippen molar-refractivity contribution in [3.05, 3.63) is 53.4 Å². The number of anilines is 1. The third-order valence-corrected chi connectivity index (χ3v) is 6.37. The number of rotatable bonds is 1. The Morgan fingerprint density at radius 2 is 1.88 bits per heavy atom. The SMILES string of the molecule is Cc1ccccc1N1[C@@H](C)c2c(c3occc3n2C)C12CCCC2. The van der Waals surface area contributed by atoms with Crippen LogP contribution in [0.5, 0.6) is 0 Å². The van der Waals surface area contributed by atoms with Gasteiger partial charge >= 0.3 is 0 Å². The monoisotopic (exact) mass is 320 g/mol. The van der Waals surface area contributed by atoms with Crippen molar-refractivity contribution < 1.29 is 4.42 Å². The lowest BCUT2D eigenvalue weighted by Gasteiger charge is -2.41. The average molecular weight is 320 g/mol. The summed E-state index contributed by atoms with van der Waals surface area (Å²) in [5, 5.41) is 0. The predicted octanol–water partition coefficient (Wildman–Crippen LogP) is 5.43. The molecule has 124 valence electrons. The number of fused-ring (bicyclic) bond motifs is 4. The zero-order valence-corrected chi connectivity index (χ0v) is 14.7. The molecule has 0 bridgehead atoms. The minimum atomic E-state index is 0.0955. The van der Waals surface area contributed by atoms with Crippen molar-refractivity contribution in [2.75, 3.05) is 4.90 Å². The number of hydrogen-bond donors (Lipinski definition) is 0. The third-order valence-electron chi connectivity index (χ3n) is 6.37. The fourth-order valence-corrected chi connectivity index (χ4v) is 5.44. The smallest absolute Gasteiger partial charge is 0.157 e. The van der Waals surface area contributed by atoms with Crippen LogP contribution < -0.4 is 4.90 Å². The number of para-hydroxylation sites is 1. The highest BCUT2D eigenvalue weighted by molar-refractivity contribution is 5.85. The Kier molecular flexibility index (Phi) is 2.77. The van der Waals surface area contributed by atoms with Gasteiger partial charge in [0.15, 0.2) is 5.58 Å². The lowest BCUT2D eigenvalue weighted by atomic mass is 9.89. The van der Waals surface area contributed by atoms with Crippen LogP contribution in [0.4, 0.5) is 5.69 Å². The van der Waals surface area contributed by atoms with Gasteiger partial charge in [-0.15, -0.1) is 0 Å². The first-order chi connectivity index (χ1) is 11.6. The number of nitrogens with zero attached hydrogens (tertiary/aromatic N) is 2. The molecule has 1 aliphatic heterocycles. The van der Waals surface area contributed by atoms with Crippen molar-refractivity contribution in [1.29, 1.82) is 0 Å². The number of aryl methyl sites for hydroxylation is 2. The summed E-state index contributed by atoms with van der Waals surface area (Å²) < 4.78 is 8.34. The van der Waals surface area contributed by atoms with Gasteiger partial charge in [-0.05, 0) is 38.3 Å². The molecule has 5 rings (SSSR count). The number of hydrogen-bond acceptors (Lipinski definition) is 2. The molecule has 1 atom stereocenters. The molecule has 1 spiro atoms. The van der Waals surface area contributed by atoms with E-state index < -0.39 is 0 Å². The standard InChI is InChI=1S/C21H24N2O/c1-14-8-4-5-9-16(14)23-15(2)19-18(21(23)11-6-7-12-21)20-17(22(19)3)10-13-24-20/h4-5,8-10,13,15H,6-7,11-12H2,1-3H3/t15-/m0/s1. The van der Waals surface area contributed by atoms with Crippen LogP contribution in [0.1, 0.15) is 55.5 Å². The molecule has 2 aromatic heterocycles. The molecule has 2 aliphatic rings. The second-order valence-electron chi connectivity index (χ2n) is 7.53. The molecule has 1 saturated carbocycles. The van der Waals surface area contributed by atoms with Gasteiger partial charge in [0.25, 0.3) is 0 Å². The maximum atomic E-state index is 5.98. The van der Waals surface area contributed by atoms with E-state index in [-0.39, 0.29) is 5.54 Å². The van der Waals surface area contributed by atoms with E-state index in [0.29, 0.717) is 6.04 Å². The van der Waals surface area contributed by atoms with Gasteiger partial charge in [-0.1, -0.05) is 31.0 Å². The van der Waals surface area contributed by atoms with Gasteiger partial charge in [-0.2, -0.15) is 0 Å². The second kappa shape index (κ2) is 4.69. The molecule has 1 fully saturated rings. The van der Waals surface area contributed by atoms with Crippen LogP contribution in [-0.2, 0) is 12.6 Å². The summed E-state index contributed by atoms with van der Waals surface area (Å²) in [6.45, 7) is 4.59. The zero-order chi connectivity index (χ0) is 16.5. The Morgan fingerprint density at radius 1 is 1.12 bits per heavy atom. The van der Waals surface area contributed by atoms with Crippen molar-refractivity contribution in [3.63, 3.8) is 0 Å². The molecule has 0 unspecified atom stereocenters. The molecular weight excluding hydrogens is 296 g/mol. The van der Waals surface area contributed by atoms with Crippen LogP contribution in [0.25, 0.3) is 11.1 Å². The van der Waals surface area contributed by atoms with E-state index in [0.717, 1.165) is 5.58 Å². The summed E-state index contributed by atoms with van der Waals surface area (Å²) in [6.07, 6.45) is 6.88. The van der Waals surface area contributed by atoms with Gasteiger partial charge < -0.3 is 13.9 Å². The van der Waals surface area contributed by atoms with Gasteiger partial charge in [-0.25, -0.2) is 0 Å². The highest BCUT2D eigenvalue weighted by Gasteiger charge is 2.54. The first-order valence-electron chi connectivity index (χ1n) is 9.06. The Hall–Kier alpha value is -2.16. The second-order valence-corrected chi connectivity index (χ2v) is 7.53. The Labute approximate surface area is 142 Å². The van der Waals surface area contributed by atoms with Gasteiger partial charge in [0.05, 0.1) is 23.4 Å². The first-order valence-corrected chi connectivity index (χ1v) is 9.06. The lowest BCUT2D eigenvalue weighted by molar-refractivity contribution is 0.412. The fraction of sp³-hybridized carbons (Fsp3) is 0.429. The van der Waals surface area contributed by atoms with Crippen molar-refractivity contribution in [2.45, 2.75) is 51.1 Å². The molecular formula is C21H24N2O. The molecule has 1 aliphatic carbocycles. The summed E-state index contributed by atoms with van der Waals surface area (Å²) in [6, 6.07) is 11.3. The van der Waals surface area contributed by atoms with Crippen molar-refractivity contribution in [2.24, 2.45) is 7.05 Å². The van der Waals surface area contributed by atoms with Crippen molar-refractivity contribution >= 4 is 16.8 Å². The number of benzene rings is 1. The highest BCUT2D eigenvalue weighted by atomic mass is 16.3. The molecule has 3 aromatic rings. The topological polar surface area (TPSA) is 21.3 Å². The van der Waals surface area contributed by atoms with E-state index in [1.54, 1.807) is 0 Å². The lowest BCUT2D eigenvalue weighted by Crippen LogP contribution is -2.40. The zero-order valence-electron chi connectivity index (χ0n) is 14.7. The van der Waals surface area contributed by atoms with Crippen LogP contribution in [0.15, 0.2) is 41.0 Å². The quantitative estimate of drug-likeness (QED) is 0.596. The number of furan rings is 1. The summed E-state index contributed by atoms with van der Waals surface area (Å²) in [4.78, 5) is 2.70. The minimum absolute atomic E-state index is 0.0955. The molecule has 0 amide bonds. The van der Waals surface area contributed by atoms with E-state index in [2.05, 4.69) is 60.7 Å². The maximum Gasteiger partial charge on any atom is 0.157 e. The normalized spacial score (nSPS) is 22.0. The minimum Gasteiger partial charge on any atom is -0.462 e. The molecule has 3 heteroatoms. The Balaban J connectivity index is 1.82. The van der Waals surface area contributed by atoms with Gasteiger partial charge in [-0.3, -0.25) is 0 Å². The molecule has 24 heavy (non-hydrogen) atoms. The molecule has 1 aromatic carbocycles. The third kappa shape index (κ3) is 1.53. The van der Waals surface area contributed by atoms with Crippen LogP contribution in [-0.4, -0.2) is 4.57 Å². The summed E-state index contributed by atoms with van der Waals surface area (Å²) in [7, 11) is 2.19. The summed E-state index contributed by atoms with van der Waals surface area (Å²) >= 11 is 0. The molecule has 0 N–H and O–H groups in total.